The zero-order valence-electron chi connectivity index (χ0n) is 16.3. The van der Waals surface area contributed by atoms with Crippen LogP contribution in [0.3, 0.4) is 0 Å². The number of thioether (sulfide) groups is 1. The summed E-state index contributed by atoms with van der Waals surface area (Å²) >= 11 is 6.88. The number of benzene rings is 3. The molecule has 1 atom stereocenters. The lowest BCUT2D eigenvalue weighted by molar-refractivity contribution is -0.0507. The van der Waals surface area contributed by atoms with Gasteiger partial charge >= 0.3 is 6.61 Å². The van der Waals surface area contributed by atoms with Crippen molar-refractivity contribution in [1.29, 1.82) is 0 Å². The highest BCUT2D eigenvalue weighted by atomic mass is 35.5. The van der Waals surface area contributed by atoms with E-state index in [-0.39, 0.29) is 16.4 Å². The van der Waals surface area contributed by atoms with E-state index in [1.165, 1.54) is 24.3 Å². The summed E-state index contributed by atoms with van der Waals surface area (Å²) in [5.41, 5.74) is -0.390. The highest BCUT2D eigenvalue weighted by Crippen LogP contribution is 2.45. The number of amides is 1. The lowest BCUT2D eigenvalue weighted by Gasteiger charge is -2.23. The van der Waals surface area contributed by atoms with Crippen molar-refractivity contribution in [3.63, 3.8) is 0 Å². The Labute approximate surface area is 193 Å². The number of hydrogen-bond acceptors (Lipinski definition) is 4. The molecule has 3 aromatic carbocycles. The fourth-order valence-electron chi connectivity index (χ4n) is 3.14. The summed E-state index contributed by atoms with van der Waals surface area (Å²) in [6.07, 6.45) is 0. The number of hydrogen-bond donors (Lipinski definition) is 0. The van der Waals surface area contributed by atoms with Gasteiger partial charge in [0.1, 0.15) is 39.2 Å². The molecule has 11 heteroatoms. The maximum Gasteiger partial charge on any atom is 0.387 e. The molecule has 33 heavy (non-hydrogen) atoms. The number of ether oxygens (including phenoxy) is 1. The summed E-state index contributed by atoms with van der Waals surface area (Å²) in [5, 5.41) is 4.55. The number of rotatable bonds is 5. The van der Waals surface area contributed by atoms with Crippen LogP contribution in [0.2, 0.25) is 5.02 Å². The summed E-state index contributed by atoms with van der Waals surface area (Å²) in [7, 11) is 0. The first-order chi connectivity index (χ1) is 15.7. The van der Waals surface area contributed by atoms with Crippen molar-refractivity contribution in [2.75, 3.05) is 0 Å². The standard InChI is InChI=1S/C22H12ClF5N2O2S/c23-12-7-5-11(6-8-12)19-29-30(20(31)18-15(25)9-13(24)10-16(18)26)21(33-19)14-3-1-2-4-17(14)32-22(27)28/h1-10,21-22H. The van der Waals surface area contributed by atoms with Crippen LogP contribution in [0, 0.1) is 17.5 Å². The van der Waals surface area contributed by atoms with Crippen molar-refractivity contribution in [3.8, 4) is 5.75 Å². The molecule has 4 rings (SSSR count). The molecule has 0 aliphatic carbocycles. The van der Waals surface area contributed by atoms with Crippen LogP contribution >= 0.6 is 23.4 Å². The highest BCUT2D eigenvalue weighted by molar-refractivity contribution is 8.14. The third-order valence-corrected chi connectivity index (χ3v) is 6.03. The van der Waals surface area contributed by atoms with E-state index < -0.39 is 40.9 Å². The van der Waals surface area contributed by atoms with E-state index in [9.17, 15) is 26.7 Å². The largest absolute Gasteiger partial charge is 0.434 e. The van der Waals surface area contributed by atoms with Gasteiger partial charge in [-0.3, -0.25) is 4.79 Å². The second-order valence-electron chi connectivity index (χ2n) is 6.69. The lowest BCUT2D eigenvalue weighted by Crippen LogP contribution is -2.28. The second-order valence-corrected chi connectivity index (χ2v) is 8.20. The summed E-state index contributed by atoms with van der Waals surface area (Å²) in [5.74, 6) is -5.51. The predicted octanol–water partition coefficient (Wildman–Crippen LogP) is 6.61. The van der Waals surface area contributed by atoms with Crippen molar-refractivity contribution in [3.05, 3.63) is 99.8 Å². The fraction of sp³-hybridized carbons (Fsp3) is 0.0909. The molecule has 0 N–H and O–H groups in total. The van der Waals surface area contributed by atoms with Gasteiger partial charge in [-0.25, -0.2) is 18.2 Å². The number of carbonyl (C=O) groups excluding carboxylic acids is 1. The van der Waals surface area contributed by atoms with Crippen molar-refractivity contribution in [2.45, 2.75) is 12.0 Å². The zero-order valence-corrected chi connectivity index (χ0v) is 17.9. The van der Waals surface area contributed by atoms with E-state index in [0.717, 1.165) is 16.8 Å². The van der Waals surface area contributed by atoms with E-state index in [1.807, 2.05) is 0 Å². The molecule has 0 radical (unpaired) electrons. The molecule has 1 heterocycles. The summed E-state index contributed by atoms with van der Waals surface area (Å²) in [4.78, 5) is 13.1. The third kappa shape index (κ3) is 4.81. The number of alkyl halides is 2. The van der Waals surface area contributed by atoms with Crippen LogP contribution in [0.1, 0.15) is 26.9 Å². The topological polar surface area (TPSA) is 41.9 Å². The molecule has 0 fully saturated rings. The Morgan fingerprint density at radius 1 is 1.03 bits per heavy atom. The summed E-state index contributed by atoms with van der Waals surface area (Å²) in [6, 6.07) is 12.8. The van der Waals surface area contributed by atoms with Gasteiger partial charge in [-0.1, -0.05) is 53.7 Å². The van der Waals surface area contributed by atoms with Crippen molar-refractivity contribution in [2.24, 2.45) is 5.10 Å². The molecule has 170 valence electrons. The van der Waals surface area contributed by atoms with Gasteiger partial charge in [-0.05, 0) is 18.2 Å². The van der Waals surface area contributed by atoms with Crippen LogP contribution in [-0.4, -0.2) is 22.6 Å². The maximum atomic E-state index is 14.3. The number of hydrazone groups is 1. The normalized spacial score (nSPS) is 15.7. The molecule has 1 aliphatic rings. The Morgan fingerprint density at radius 2 is 1.67 bits per heavy atom. The number of nitrogens with zero attached hydrogens (tertiary/aromatic N) is 2. The Balaban J connectivity index is 1.81. The average Bonchev–Trinajstić information content (AvgIpc) is 3.18. The first-order valence-corrected chi connectivity index (χ1v) is 10.5. The third-order valence-electron chi connectivity index (χ3n) is 4.57. The molecule has 4 nitrogen and oxygen atoms in total. The minimum Gasteiger partial charge on any atom is -0.434 e. The molecule has 0 saturated carbocycles. The molecular weight excluding hydrogens is 487 g/mol. The van der Waals surface area contributed by atoms with Gasteiger partial charge in [0.25, 0.3) is 5.91 Å². The van der Waals surface area contributed by atoms with Crippen molar-refractivity contribution >= 4 is 34.3 Å². The van der Waals surface area contributed by atoms with Gasteiger partial charge in [-0.15, -0.1) is 0 Å². The number of halogens is 6. The van der Waals surface area contributed by atoms with Crippen molar-refractivity contribution in [1.82, 2.24) is 5.01 Å². The highest BCUT2D eigenvalue weighted by Gasteiger charge is 2.38. The molecule has 0 spiro atoms. The molecular formula is C22H12ClF5N2O2S. The SMILES string of the molecule is O=C(c1c(F)cc(F)cc1F)N1N=C(c2ccc(Cl)cc2)SC1c1ccccc1OC(F)F. The first-order valence-electron chi connectivity index (χ1n) is 9.27. The molecule has 1 amide bonds. The van der Waals surface area contributed by atoms with Crippen LogP contribution in [0.25, 0.3) is 0 Å². The molecule has 1 aliphatic heterocycles. The molecule has 3 aromatic rings. The van der Waals surface area contributed by atoms with Gasteiger partial charge in [0.15, 0.2) is 0 Å². The Morgan fingerprint density at radius 3 is 2.30 bits per heavy atom. The van der Waals surface area contributed by atoms with Crippen LogP contribution in [-0.2, 0) is 0 Å². The average molecular weight is 499 g/mol. The van der Waals surface area contributed by atoms with Crippen LogP contribution in [0.5, 0.6) is 5.75 Å². The van der Waals surface area contributed by atoms with E-state index in [2.05, 4.69) is 9.84 Å². The van der Waals surface area contributed by atoms with Gasteiger partial charge < -0.3 is 4.74 Å². The van der Waals surface area contributed by atoms with Gasteiger partial charge in [0.2, 0.25) is 0 Å². The van der Waals surface area contributed by atoms with Gasteiger partial charge in [0.05, 0.1) is 0 Å². The van der Waals surface area contributed by atoms with E-state index in [0.29, 0.717) is 22.7 Å². The fourth-order valence-corrected chi connectivity index (χ4v) is 4.45. The first kappa shape index (κ1) is 23.1. The lowest BCUT2D eigenvalue weighted by atomic mass is 10.1. The molecule has 0 bridgehead atoms. The van der Waals surface area contributed by atoms with Gasteiger partial charge in [-0.2, -0.15) is 13.9 Å². The van der Waals surface area contributed by atoms with E-state index in [1.54, 1.807) is 24.3 Å². The molecule has 0 aromatic heterocycles. The minimum atomic E-state index is -3.15. The monoisotopic (exact) mass is 498 g/mol. The van der Waals surface area contributed by atoms with E-state index >= 15 is 0 Å². The number of carbonyl (C=O) groups is 1. The minimum absolute atomic E-state index is 0.117. The summed E-state index contributed by atoms with van der Waals surface area (Å²) < 4.78 is 72.5. The summed E-state index contributed by atoms with van der Waals surface area (Å²) in [6.45, 7) is -3.15. The smallest absolute Gasteiger partial charge is 0.387 e. The predicted molar refractivity (Wildman–Crippen MR) is 114 cm³/mol. The van der Waals surface area contributed by atoms with E-state index in [4.69, 9.17) is 11.6 Å². The Hall–Kier alpha value is -3.11. The molecule has 1 unspecified atom stereocenters. The van der Waals surface area contributed by atoms with Gasteiger partial charge in [0, 0.05) is 28.3 Å². The Bertz CT molecular complexity index is 1220. The maximum absolute atomic E-state index is 14.3. The number of para-hydroxylation sites is 1. The molecule has 0 saturated heterocycles. The Kier molecular flexibility index (Phi) is 6.57. The van der Waals surface area contributed by atoms with Crippen LogP contribution in [0.4, 0.5) is 22.0 Å². The second kappa shape index (κ2) is 9.40. The van der Waals surface area contributed by atoms with Crippen LogP contribution in [0.15, 0.2) is 65.8 Å². The van der Waals surface area contributed by atoms with Crippen molar-refractivity contribution < 1.29 is 31.5 Å². The van der Waals surface area contributed by atoms with Crippen LogP contribution < -0.4 is 4.74 Å². The quantitative estimate of drug-likeness (QED) is 0.372. The zero-order chi connectivity index (χ0) is 23.7.